The molecule has 0 saturated carbocycles. The Kier molecular flexibility index (Phi) is 5.26. The molecule has 4 rings (SSSR count). The van der Waals surface area contributed by atoms with E-state index in [1.165, 1.54) is 6.92 Å². The van der Waals surface area contributed by atoms with Gasteiger partial charge in [-0.1, -0.05) is 48.5 Å². The van der Waals surface area contributed by atoms with Gasteiger partial charge in [-0.2, -0.15) is 0 Å². The van der Waals surface area contributed by atoms with E-state index in [-0.39, 0.29) is 5.78 Å². The van der Waals surface area contributed by atoms with Gasteiger partial charge in [-0.25, -0.2) is 0 Å². The zero-order valence-electron chi connectivity index (χ0n) is 16.5. The number of aromatic nitrogens is 1. The molecule has 0 spiro atoms. The van der Waals surface area contributed by atoms with E-state index in [2.05, 4.69) is 5.32 Å². The molecule has 1 N–H and O–H groups in total. The van der Waals surface area contributed by atoms with E-state index in [9.17, 15) is 14.4 Å². The van der Waals surface area contributed by atoms with Gasteiger partial charge < -0.3 is 9.72 Å². The van der Waals surface area contributed by atoms with Crippen LogP contribution >= 0.6 is 0 Å². The average Bonchev–Trinajstić information content (AvgIpc) is 3.14. The van der Waals surface area contributed by atoms with Crippen LogP contribution in [0.15, 0.2) is 85.1 Å². The number of ketones is 2. The Morgan fingerprint density at radius 1 is 0.867 bits per heavy atom. The number of carbonyl (C=O) groups excluding carboxylic acids is 3. The molecule has 2 aromatic carbocycles. The van der Waals surface area contributed by atoms with Gasteiger partial charge >= 0.3 is 0 Å². The summed E-state index contributed by atoms with van der Waals surface area (Å²) >= 11 is 0. The fourth-order valence-corrected chi connectivity index (χ4v) is 3.48. The van der Waals surface area contributed by atoms with Crippen LogP contribution < -0.4 is 5.32 Å². The van der Waals surface area contributed by atoms with Gasteiger partial charge in [-0.3, -0.25) is 14.4 Å². The lowest BCUT2D eigenvalue weighted by atomic mass is 10.0. The van der Waals surface area contributed by atoms with Crippen molar-refractivity contribution >= 4 is 28.7 Å². The van der Waals surface area contributed by atoms with Crippen molar-refractivity contribution in [2.24, 2.45) is 0 Å². The van der Waals surface area contributed by atoms with Crippen LogP contribution in [0.5, 0.6) is 0 Å². The van der Waals surface area contributed by atoms with Crippen LogP contribution in [-0.2, 0) is 16.0 Å². The van der Waals surface area contributed by atoms with E-state index < -0.39 is 11.7 Å². The number of nitrogens with one attached hydrogen (secondary N) is 1. The van der Waals surface area contributed by atoms with E-state index in [1.54, 1.807) is 34.9 Å². The average molecular weight is 396 g/mol. The summed E-state index contributed by atoms with van der Waals surface area (Å²) in [5.41, 5.74) is 4.09. The van der Waals surface area contributed by atoms with E-state index in [1.807, 2.05) is 54.6 Å². The Hall–Kier alpha value is -3.99. The Labute approximate surface area is 174 Å². The standard InChI is InChI=1S/C25H20N2O3/c1-17(28)15-18-10-12-20(13-11-18)26-25(30)24(29)23-22(19-7-3-2-4-8-19)16-21-9-5-6-14-27(21)23/h2-14,16H,15H2,1H3,(H,26,30). The van der Waals surface area contributed by atoms with Gasteiger partial charge in [0.25, 0.3) is 11.7 Å². The lowest BCUT2D eigenvalue weighted by molar-refractivity contribution is -0.116. The predicted molar refractivity (Wildman–Crippen MR) is 117 cm³/mol. The molecule has 5 nitrogen and oxygen atoms in total. The summed E-state index contributed by atoms with van der Waals surface area (Å²) in [5.74, 6) is -1.27. The number of carbonyl (C=O) groups is 3. The third-order valence-electron chi connectivity index (χ3n) is 4.85. The second-order valence-corrected chi connectivity index (χ2v) is 7.13. The minimum absolute atomic E-state index is 0.0653. The van der Waals surface area contributed by atoms with Crippen molar-refractivity contribution in [2.75, 3.05) is 5.32 Å². The van der Waals surface area contributed by atoms with Gasteiger partial charge in [0.05, 0.1) is 0 Å². The molecule has 0 saturated heterocycles. The molecule has 0 unspecified atom stereocenters. The molecule has 2 heterocycles. The minimum Gasteiger partial charge on any atom is -0.319 e. The normalized spacial score (nSPS) is 10.7. The summed E-state index contributed by atoms with van der Waals surface area (Å²) in [5, 5.41) is 2.67. The number of rotatable bonds is 6. The lowest BCUT2D eigenvalue weighted by Gasteiger charge is -2.08. The summed E-state index contributed by atoms with van der Waals surface area (Å²) < 4.78 is 1.74. The maximum Gasteiger partial charge on any atom is 0.298 e. The van der Waals surface area contributed by atoms with Gasteiger partial charge in [0.15, 0.2) is 0 Å². The summed E-state index contributed by atoms with van der Waals surface area (Å²) in [6.45, 7) is 1.53. The molecule has 0 aliphatic rings. The maximum absolute atomic E-state index is 13.2. The van der Waals surface area contributed by atoms with Crippen molar-refractivity contribution < 1.29 is 14.4 Å². The predicted octanol–water partition coefficient (Wildman–Crippen LogP) is 4.56. The van der Waals surface area contributed by atoms with Crippen LogP contribution in [0.25, 0.3) is 16.6 Å². The minimum atomic E-state index is -0.713. The Bertz CT molecular complexity index is 1240. The number of fused-ring (bicyclic) bond motifs is 1. The number of benzene rings is 2. The highest BCUT2D eigenvalue weighted by Gasteiger charge is 2.24. The van der Waals surface area contributed by atoms with E-state index in [4.69, 9.17) is 0 Å². The third-order valence-corrected chi connectivity index (χ3v) is 4.85. The van der Waals surface area contributed by atoms with E-state index >= 15 is 0 Å². The number of Topliss-reactive ketones (excluding diaryl/α,β-unsaturated/α-hetero) is 2. The number of hydrogen-bond acceptors (Lipinski definition) is 3. The number of pyridine rings is 1. The fourth-order valence-electron chi connectivity index (χ4n) is 3.48. The smallest absolute Gasteiger partial charge is 0.298 e. The van der Waals surface area contributed by atoms with Gasteiger partial charge in [0.1, 0.15) is 11.5 Å². The largest absolute Gasteiger partial charge is 0.319 e. The lowest BCUT2D eigenvalue weighted by Crippen LogP contribution is -2.24. The van der Waals surface area contributed by atoms with Crippen molar-refractivity contribution in [1.29, 1.82) is 0 Å². The number of amides is 1. The molecular weight excluding hydrogens is 376 g/mol. The zero-order chi connectivity index (χ0) is 21.1. The first-order chi connectivity index (χ1) is 14.5. The van der Waals surface area contributed by atoms with Crippen molar-refractivity contribution in [3.8, 4) is 11.1 Å². The highest BCUT2D eigenvalue weighted by Crippen LogP contribution is 2.28. The first kappa shape index (κ1) is 19.3. The maximum atomic E-state index is 13.2. The summed E-state index contributed by atoms with van der Waals surface area (Å²) in [7, 11) is 0. The molecular formula is C25H20N2O3. The molecule has 0 aliphatic carbocycles. The van der Waals surface area contributed by atoms with Crippen molar-refractivity contribution in [2.45, 2.75) is 13.3 Å². The molecule has 0 radical (unpaired) electrons. The van der Waals surface area contributed by atoms with Crippen molar-refractivity contribution in [3.63, 3.8) is 0 Å². The molecule has 30 heavy (non-hydrogen) atoms. The monoisotopic (exact) mass is 396 g/mol. The second kappa shape index (κ2) is 8.17. The number of nitrogens with zero attached hydrogens (tertiary/aromatic N) is 1. The zero-order valence-corrected chi connectivity index (χ0v) is 16.5. The van der Waals surface area contributed by atoms with Crippen LogP contribution in [0.2, 0.25) is 0 Å². The molecule has 2 aromatic heterocycles. The molecule has 148 valence electrons. The van der Waals surface area contributed by atoms with Gasteiger partial charge in [0.2, 0.25) is 0 Å². The highest BCUT2D eigenvalue weighted by atomic mass is 16.2. The highest BCUT2D eigenvalue weighted by molar-refractivity contribution is 6.47. The van der Waals surface area contributed by atoms with Gasteiger partial charge in [0, 0.05) is 29.4 Å². The first-order valence-corrected chi connectivity index (χ1v) is 9.62. The molecule has 0 bridgehead atoms. The van der Waals surface area contributed by atoms with E-state index in [0.29, 0.717) is 23.4 Å². The summed E-state index contributed by atoms with van der Waals surface area (Å²) in [4.78, 5) is 37.2. The Morgan fingerprint density at radius 2 is 1.57 bits per heavy atom. The fraction of sp³-hybridized carbons (Fsp3) is 0.0800. The second-order valence-electron chi connectivity index (χ2n) is 7.13. The van der Waals surface area contributed by atoms with Crippen LogP contribution in [-0.4, -0.2) is 21.9 Å². The van der Waals surface area contributed by atoms with Crippen LogP contribution in [0.4, 0.5) is 5.69 Å². The quantitative estimate of drug-likeness (QED) is 0.384. The van der Waals surface area contributed by atoms with Crippen LogP contribution in [0.3, 0.4) is 0 Å². The summed E-state index contributed by atoms with van der Waals surface area (Å²) in [6.07, 6.45) is 2.11. The molecule has 0 aliphatic heterocycles. The van der Waals surface area contributed by atoms with Crippen molar-refractivity contribution in [3.05, 3.63) is 96.3 Å². The number of hydrogen-bond donors (Lipinski definition) is 1. The third kappa shape index (κ3) is 3.91. The van der Waals surface area contributed by atoms with Crippen molar-refractivity contribution in [1.82, 2.24) is 4.40 Å². The Balaban J connectivity index is 1.66. The van der Waals surface area contributed by atoms with Gasteiger partial charge in [-0.15, -0.1) is 0 Å². The van der Waals surface area contributed by atoms with E-state index in [0.717, 1.165) is 16.6 Å². The molecule has 4 aromatic rings. The van der Waals surface area contributed by atoms with Crippen LogP contribution in [0, 0.1) is 0 Å². The molecule has 5 heteroatoms. The first-order valence-electron chi connectivity index (χ1n) is 9.62. The SMILES string of the molecule is CC(=O)Cc1ccc(NC(=O)C(=O)c2c(-c3ccccc3)cc3ccccn23)cc1. The molecule has 1 amide bonds. The van der Waals surface area contributed by atoms with Crippen LogP contribution in [0.1, 0.15) is 23.0 Å². The molecule has 0 fully saturated rings. The molecule has 0 atom stereocenters. The number of anilines is 1. The summed E-state index contributed by atoms with van der Waals surface area (Å²) in [6, 6.07) is 24.0. The Morgan fingerprint density at radius 3 is 2.27 bits per heavy atom. The van der Waals surface area contributed by atoms with Gasteiger partial charge in [-0.05, 0) is 48.4 Å². The topological polar surface area (TPSA) is 67.7 Å².